The molecule has 12 heteroatoms. The van der Waals surface area contributed by atoms with Crippen molar-refractivity contribution in [1.29, 1.82) is 0 Å². The van der Waals surface area contributed by atoms with Gasteiger partial charge in [0.05, 0.1) is 24.8 Å². The number of terminal acetylenes is 1. The van der Waals surface area contributed by atoms with Crippen LogP contribution in [-0.4, -0.2) is 34.1 Å². The highest BCUT2D eigenvalue weighted by molar-refractivity contribution is 5.76. The summed E-state index contributed by atoms with van der Waals surface area (Å²) in [6.45, 7) is 0.0129. The maximum atomic E-state index is 12.9. The largest absolute Gasteiger partial charge is 0.416 e. The minimum atomic E-state index is -4.45. The fourth-order valence-corrected chi connectivity index (χ4v) is 3.19. The van der Waals surface area contributed by atoms with E-state index in [-0.39, 0.29) is 35.8 Å². The number of fused-ring (bicyclic) bond motifs is 1. The van der Waals surface area contributed by atoms with E-state index in [1.165, 1.54) is 33.1 Å². The fourth-order valence-electron chi connectivity index (χ4n) is 3.19. The number of aromatic nitrogens is 7. The molecule has 0 saturated carbocycles. The summed E-state index contributed by atoms with van der Waals surface area (Å²) in [4.78, 5) is 30.7. The Bertz CT molecular complexity index is 1450. The van der Waals surface area contributed by atoms with Crippen LogP contribution in [0.15, 0.2) is 40.1 Å². The lowest BCUT2D eigenvalue weighted by atomic mass is 10.1. The predicted molar refractivity (Wildman–Crippen MR) is 104 cm³/mol. The summed E-state index contributed by atoms with van der Waals surface area (Å²) in [6, 6.07) is 4.87. The first-order valence-corrected chi connectivity index (χ1v) is 8.88. The van der Waals surface area contributed by atoms with Crippen LogP contribution in [0.3, 0.4) is 0 Å². The van der Waals surface area contributed by atoms with E-state index in [1.807, 2.05) is 0 Å². The zero-order valence-corrected chi connectivity index (χ0v) is 16.0. The average Bonchev–Trinajstić information content (AvgIpc) is 3.31. The average molecular weight is 429 g/mol. The maximum Gasteiger partial charge on any atom is 0.416 e. The van der Waals surface area contributed by atoms with Gasteiger partial charge in [0.1, 0.15) is 5.69 Å². The van der Waals surface area contributed by atoms with Crippen molar-refractivity contribution in [2.24, 2.45) is 7.05 Å². The Morgan fingerprint density at radius 1 is 1.26 bits per heavy atom. The van der Waals surface area contributed by atoms with Crippen LogP contribution < -0.4 is 11.2 Å². The number of benzene rings is 1. The predicted octanol–water partition coefficient (Wildman–Crippen LogP) is 1.38. The van der Waals surface area contributed by atoms with Crippen molar-refractivity contribution in [3.63, 3.8) is 0 Å². The fraction of sp³-hybridized carbons (Fsp3) is 0.211. The number of halogens is 3. The van der Waals surface area contributed by atoms with Gasteiger partial charge in [0, 0.05) is 7.05 Å². The molecular formula is C19H14F3N7O2. The zero-order chi connectivity index (χ0) is 22.3. The topological polar surface area (TPSA) is 103 Å². The lowest BCUT2D eigenvalue weighted by Crippen LogP contribution is -2.29. The molecule has 0 aliphatic heterocycles. The number of aromatic amines is 1. The number of aryl methyl sites for hydroxylation is 1. The maximum absolute atomic E-state index is 12.9. The minimum absolute atomic E-state index is 0.0202. The van der Waals surface area contributed by atoms with Crippen LogP contribution in [0.25, 0.3) is 22.7 Å². The number of nitrogens with one attached hydrogen (secondary N) is 1. The van der Waals surface area contributed by atoms with E-state index in [1.54, 1.807) is 6.07 Å². The molecule has 3 aromatic heterocycles. The Hall–Kier alpha value is -4.14. The molecule has 0 atom stereocenters. The van der Waals surface area contributed by atoms with Gasteiger partial charge in [-0.1, -0.05) is 23.3 Å². The number of H-pyrrole nitrogens is 1. The van der Waals surface area contributed by atoms with E-state index in [0.29, 0.717) is 5.56 Å². The number of imidazole rings is 1. The third-order valence-corrected chi connectivity index (χ3v) is 4.62. The first-order chi connectivity index (χ1) is 14.7. The van der Waals surface area contributed by atoms with Gasteiger partial charge in [0.2, 0.25) is 0 Å². The van der Waals surface area contributed by atoms with Crippen molar-refractivity contribution in [3.05, 3.63) is 62.4 Å². The quantitative estimate of drug-likeness (QED) is 0.494. The molecule has 4 aromatic rings. The summed E-state index contributed by atoms with van der Waals surface area (Å²) in [5, 5.41) is 7.95. The third kappa shape index (κ3) is 3.61. The molecule has 1 N–H and O–H groups in total. The first-order valence-electron chi connectivity index (χ1n) is 8.88. The van der Waals surface area contributed by atoms with Crippen LogP contribution in [0.1, 0.15) is 11.1 Å². The van der Waals surface area contributed by atoms with E-state index >= 15 is 0 Å². The van der Waals surface area contributed by atoms with Crippen LogP contribution in [0.5, 0.6) is 0 Å². The van der Waals surface area contributed by atoms with Gasteiger partial charge in [-0.2, -0.15) is 13.2 Å². The lowest BCUT2D eigenvalue weighted by Gasteiger charge is -2.08. The van der Waals surface area contributed by atoms with E-state index in [9.17, 15) is 22.8 Å². The molecule has 0 unspecified atom stereocenters. The molecule has 0 aliphatic rings. The SMILES string of the molecule is C#CCn1c(-c2cn(Cc3cccc(C(F)(F)F)c3)nn2)nc2c1c(=O)[nH]c(=O)n2C. The highest BCUT2D eigenvalue weighted by Gasteiger charge is 2.30. The molecule has 0 bridgehead atoms. The molecule has 158 valence electrons. The van der Waals surface area contributed by atoms with Crippen LogP contribution >= 0.6 is 0 Å². The minimum Gasteiger partial charge on any atom is -0.305 e. The smallest absolute Gasteiger partial charge is 0.305 e. The second-order valence-corrected chi connectivity index (χ2v) is 6.72. The van der Waals surface area contributed by atoms with Gasteiger partial charge in [-0.3, -0.25) is 14.3 Å². The van der Waals surface area contributed by atoms with Crippen molar-refractivity contribution in [2.45, 2.75) is 19.3 Å². The number of hydrogen-bond acceptors (Lipinski definition) is 5. The molecular weight excluding hydrogens is 415 g/mol. The number of nitrogens with zero attached hydrogens (tertiary/aromatic N) is 6. The molecule has 0 saturated heterocycles. The molecule has 0 spiro atoms. The summed E-state index contributed by atoms with van der Waals surface area (Å²) in [5.41, 5.74) is -1.21. The summed E-state index contributed by atoms with van der Waals surface area (Å²) < 4.78 is 42.7. The molecule has 0 amide bonds. The van der Waals surface area contributed by atoms with E-state index in [2.05, 4.69) is 26.2 Å². The van der Waals surface area contributed by atoms with Gasteiger partial charge in [-0.05, 0) is 17.7 Å². The van der Waals surface area contributed by atoms with Gasteiger partial charge < -0.3 is 4.57 Å². The summed E-state index contributed by atoms with van der Waals surface area (Å²) in [7, 11) is 1.45. The molecule has 0 fully saturated rings. The highest BCUT2D eigenvalue weighted by atomic mass is 19.4. The van der Waals surface area contributed by atoms with Crippen LogP contribution in [-0.2, 0) is 26.3 Å². The summed E-state index contributed by atoms with van der Waals surface area (Å²) >= 11 is 0. The van der Waals surface area contributed by atoms with Gasteiger partial charge in [0.15, 0.2) is 17.0 Å². The zero-order valence-electron chi connectivity index (χ0n) is 16.0. The Kier molecular flexibility index (Phi) is 4.73. The van der Waals surface area contributed by atoms with Crippen molar-refractivity contribution >= 4 is 11.2 Å². The Labute approximate surface area is 171 Å². The molecule has 1 aromatic carbocycles. The van der Waals surface area contributed by atoms with Gasteiger partial charge in [-0.15, -0.1) is 11.5 Å². The van der Waals surface area contributed by atoms with E-state index in [4.69, 9.17) is 6.42 Å². The van der Waals surface area contributed by atoms with Crippen LogP contribution in [0.2, 0.25) is 0 Å². The van der Waals surface area contributed by atoms with Crippen LogP contribution in [0.4, 0.5) is 13.2 Å². The third-order valence-electron chi connectivity index (χ3n) is 4.62. The van der Waals surface area contributed by atoms with Gasteiger partial charge in [-0.25, -0.2) is 14.5 Å². The highest BCUT2D eigenvalue weighted by Crippen LogP contribution is 2.29. The Morgan fingerprint density at radius 2 is 2.03 bits per heavy atom. The van der Waals surface area contributed by atoms with E-state index < -0.39 is 23.0 Å². The van der Waals surface area contributed by atoms with Gasteiger partial charge in [0.25, 0.3) is 5.56 Å². The Morgan fingerprint density at radius 3 is 2.74 bits per heavy atom. The van der Waals surface area contributed by atoms with Gasteiger partial charge >= 0.3 is 11.9 Å². The molecule has 0 radical (unpaired) electrons. The normalized spacial score (nSPS) is 11.7. The number of rotatable bonds is 4. The van der Waals surface area contributed by atoms with Crippen molar-refractivity contribution in [1.82, 2.24) is 34.1 Å². The van der Waals surface area contributed by atoms with Crippen molar-refractivity contribution in [3.8, 4) is 23.9 Å². The summed E-state index contributed by atoms with van der Waals surface area (Å²) in [5.74, 6) is 2.63. The molecule has 31 heavy (non-hydrogen) atoms. The van der Waals surface area contributed by atoms with Crippen LogP contribution in [0, 0.1) is 12.3 Å². The van der Waals surface area contributed by atoms with Crippen molar-refractivity contribution < 1.29 is 13.2 Å². The monoisotopic (exact) mass is 429 g/mol. The molecule has 4 rings (SSSR count). The first kappa shape index (κ1) is 20.1. The summed E-state index contributed by atoms with van der Waals surface area (Å²) in [6.07, 6.45) is 2.44. The lowest BCUT2D eigenvalue weighted by molar-refractivity contribution is -0.137. The number of alkyl halides is 3. The van der Waals surface area contributed by atoms with Crippen molar-refractivity contribution in [2.75, 3.05) is 0 Å². The molecule has 9 nitrogen and oxygen atoms in total. The number of hydrogen-bond donors (Lipinski definition) is 1. The van der Waals surface area contributed by atoms with E-state index in [0.717, 1.165) is 12.1 Å². The standard InChI is InChI=1S/C19H14F3N7O2/c1-3-7-29-14-16(27(2)18(31)24-17(14)30)23-15(29)13-10-28(26-25-13)9-11-5-4-6-12(8-11)19(20,21)22/h1,4-6,8,10H,7,9H2,2H3,(H,24,30,31). The molecule has 0 aliphatic carbocycles. The molecule has 3 heterocycles. The second kappa shape index (κ2) is 7.28. The Balaban J connectivity index is 1.76. The second-order valence-electron chi connectivity index (χ2n) is 6.72.